The van der Waals surface area contributed by atoms with Crippen LogP contribution in [0.25, 0.3) is 0 Å². The first-order valence-corrected chi connectivity index (χ1v) is 11.7. The molecule has 0 aliphatic carbocycles. The van der Waals surface area contributed by atoms with E-state index in [0.717, 1.165) is 45.2 Å². The molecule has 0 radical (unpaired) electrons. The van der Waals surface area contributed by atoms with Crippen molar-refractivity contribution in [3.63, 3.8) is 0 Å². The minimum absolute atomic E-state index is 0. The van der Waals surface area contributed by atoms with Crippen LogP contribution in [0.2, 0.25) is 0 Å². The number of carbonyl (C=O) groups is 1. The minimum Gasteiger partial charge on any atom is -0.469 e. The van der Waals surface area contributed by atoms with E-state index in [4.69, 9.17) is 9.73 Å². The molecule has 3 rings (SSSR count). The van der Waals surface area contributed by atoms with Gasteiger partial charge in [-0.1, -0.05) is 38.1 Å². The molecule has 1 N–H and O–H groups in total. The van der Waals surface area contributed by atoms with Crippen molar-refractivity contribution in [2.24, 2.45) is 16.8 Å². The van der Waals surface area contributed by atoms with Crippen molar-refractivity contribution >= 4 is 35.9 Å². The second-order valence-corrected chi connectivity index (χ2v) is 8.71. The van der Waals surface area contributed by atoms with Gasteiger partial charge in [0.25, 0.3) is 0 Å². The van der Waals surface area contributed by atoms with E-state index in [-0.39, 0.29) is 41.8 Å². The first kappa shape index (κ1) is 26.9. The molecule has 0 saturated carbocycles. The zero-order valence-electron chi connectivity index (χ0n) is 20.0. The summed E-state index contributed by atoms with van der Waals surface area (Å²) in [6.45, 7) is 16.1. The van der Waals surface area contributed by atoms with Crippen LogP contribution in [-0.2, 0) is 22.6 Å². The molecule has 2 saturated heterocycles. The molecule has 7 nitrogen and oxygen atoms in total. The van der Waals surface area contributed by atoms with Gasteiger partial charge in [-0.3, -0.25) is 9.69 Å². The van der Waals surface area contributed by atoms with Crippen molar-refractivity contribution in [1.29, 1.82) is 0 Å². The number of guanidine groups is 1. The highest BCUT2D eigenvalue weighted by atomic mass is 127. The quantitative estimate of drug-likeness (QED) is 0.241. The predicted octanol–water partition coefficient (Wildman–Crippen LogP) is 2.65. The maximum atomic E-state index is 12.0. The fraction of sp³-hybridized carbons (Fsp3) is 0.667. The second kappa shape index (κ2) is 13.3. The number of nitrogens with one attached hydrogen (secondary N) is 1. The lowest BCUT2D eigenvalue weighted by atomic mass is 9.99. The van der Waals surface area contributed by atoms with Crippen molar-refractivity contribution in [2.75, 3.05) is 59.5 Å². The van der Waals surface area contributed by atoms with Crippen LogP contribution in [0.4, 0.5) is 0 Å². The van der Waals surface area contributed by atoms with Crippen molar-refractivity contribution in [3.05, 3.63) is 35.4 Å². The van der Waals surface area contributed by atoms with E-state index < -0.39 is 0 Å². The number of methoxy groups -OCH3 is 1. The summed E-state index contributed by atoms with van der Waals surface area (Å²) in [5, 5.41) is 3.38. The first-order valence-electron chi connectivity index (χ1n) is 11.7. The molecule has 1 aromatic rings. The lowest BCUT2D eigenvalue weighted by Crippen LogP contribution is -2.45. The Morgan fingerprint density at radius 2 is 1.69 bits per heavy atom. The van der Waals surface area contributed by atoms with Gasteiger partial charge in [0.05, 0.1) is 19.6 Å². The van der Waals surface area contributed by atoms with Gasteiger partial charge >= 0.3 is 5.97 Å². The molecule has 0 aromatic heterocycles. The number of benzene rings is 1. The third kappa shape index (κ3) is 7.31. The van der Waals surface area contributed by atoms with Gasteiger partial charge < -0.3 is 19.9 Å². The maximum Gasteiger partial charge on any atom is 0.310 e. The summed E-state index contributed by atoms with van der Waals surface area (Å²) in [4.78, 5) is 24.1. The number of halogens is 1. The first-order chi connectivity index (χ1) is 15.0. The topological polar surface area (TPSA) is 60.4 Å². The number of hydrogen-bond acceptors (Lipinski definition) is 5. The summed E-state index contributed by atoms with van der Waals surface area (Å²) in [6.07, 6.45) is 0. The van der Waals surface area contributed by atoms with Crippen molar-refractivity contribution in [1.82, 2.24) is 20.0 Å². The summed E-state index contributed by atoms with van der Waals surface area (Å²) >= 11 is 0. The van der Waals surface area contributed by atoms with E-state index >= 15 is 0 Å². The second-order valence-electron chi connectivity index (χ2n) is 8.71. The lowest BCUT2D eigenvalue weighted by molar-refractivity contribution is -0.145. The Morgan fingerprint density at radius 1 is 1.06 bits per heavy atom. The van der Waals surface area contributed by atoms with Crippen LogP contribution in [0.3, 0.4) is 0 Å². The van der Waals surface area contributed by atoms with Gasteiger partial charge in [-0.2, -0.15) is 0 Å². The van der Waals surface area contributed by atoms with Crippen molar-refractivity contribution < 1.29 is 9.53 Å². The zero-order chi connectivity index (χ0) is 22.2. The zero-order valence-corrected chi connectivity index (χ0v) is 22.4. The number of aliphatic imine (C=N–C) groups is 1. The van der Waals surface area contributed by atoms with Gasteiger partial charge in [-0.15, -0.1) is 24.0 Å². The Balaban J connectivity index is 0.00000363. The van der Waals surface area contributed by atoms with Crippen LogP contribution in [0.15, 0.2) is 29.3 Å². The summed E-state index contributed by atoms with van der Waals surface area (Å²) in [7, 11) is 1.46. The number of hydrogen-bond donors (Lipinski definition) is 1. The van der Waals surface area contributed by atoms with E-state index in [1.807, 2.05) is 0 Å². The van der Waals surface area contributed by atoms with E-state index in [1.165, 1.54) is 31.3 Å². The molecule has 2 heterocycles. The van der Waals surface area contributed by atoms with Gasteiger partial charge in [0.1, 0.15) is 0 Å². The average molecular weight is 558 g/mol. The van der Waals surface area contributed by atoms with Crippen LogP contribution in [-0.4, -0.2) is 86.1 Å². The van der Waals surface area contributed by atoms with Gasteiger partial charge in [0, 0.05) is 52.4 Å². The highest BCUT2D eigenvalue weighted by Crippen LogP contribution is 2.24. The van der Waals surface area contributed by atoms with E-state index in [1.54, 1.807) is 0 Å². The number of esters is 1. The van der Waals surface area contributed by atoms with Crippen molar-refractivity contribution in [2.45, 2.75) is 33.9 Å². The molecular weight excluding hydrogens is 517 g/mol. The SMILES string of the molecule is CCNC(=NCc1ccc(CN2CCN(CC)CC2)cc1)N1CC(C)C(C(=O)OC)C1.I. The van der Waals surface area contributed by atoms with Crippen LogP contribution >= 0.6 is 24.0 Å². The standard InChI is InChI=1S/C24H39N5O2.HI/c1-5-25-24(29-16-19(3)22(18-29)23(30)31-4)26-15-20-7-9-21(10-8-20)17-28-13-11-27(6-2)12-14-28;/h7-10,19,22H,5-6,11-18H2,1-4H3,(H,25,26);1H. The molecule has 0 amide bonds. The molecule has 2 atom stereocenters. The highest BCUT2D eigenvalue weighted by molar-refractivity contribution is 14.0. The molecule has 1 aromatic carbocycles. The normalized spacial score (nSPS) is 22.5. The molecule has 32 heavy (non-hydrogen) atoms. The Kier molecular flexibility index (Phi) is 11.2. The Hall–Kier alpha value is -1.39. The molecule has 2 aliphatic rings. The number of rotatable bonds is 7. The van der Waals surface area contributed by atoms with Crippen LogP contribution in [0.1, 0.15) is 31.9 Å². The largest absolute Gasteiger partial charge is 0.469 e. The average Bonchev–Trinajstić information content (AvgIpc) is 3.19. The van der Waals surface area contributed by atoms with Crippen LogP contribution in [0, 0.1) is 11.8 Å². The molecule has 0 spiro atoms. The summed E-state index contributed by atoms with van der Waals surface area (Å²) in [6, 6.07) is 8.84. The number of likely N-dealkylation sites (tertiary alicyclic amines) is 1. The number of likely N-dealkylation sites (N-methyl/N-ethyl adjacent to an activating group) is 1. The van der Waals surface area contributed by atoms with Gasteiger partial charge in [-0.05, 0) is 30.5 Å². The predicted molar refractivity (Wildman–Crippen MR) is 140 cm³/mol. The number of carbonyl (C=O) groups excluding carboxylic acids is 1. The monoisotopic (exact) mass is 557 g/mol. The molecule has 8 heteroatoms. The van der Waals surface area contributed by atoms with Crippen LogP contribution in [0.5, 0.6) is 0 Å². The van der Waals surface area contributed by atoms with Crippen molar-refractivity contribution in [3.8, 4) is 0 Å². The number of piperazine rings is 1. The fourth-order valence-corrected chi connectivity index (χ4v) is 4.46. The maximum absolute atomic E-state index is 12.0. The molecule has 2 aliphatic heterocycles. The van der Waals surface area contributed by atoms with E-state index in [0.29, 0.717) is 13.1 Å². The number of ether oxygens (including phenoxy) is 1. The third-order valence-electron chi connectivity index (χ3n) is 6.50. The van der Waals surface area contributed by atoms with Gasteiger partial charge in [0.2, 0.25) is 0 Å². The highest BCUT2D eigenvalue weighted by Gasteiger charge is 2.36. The summed E-state index contributed by atoms with van der Waals surface area (Å²) in [5.74, 6) is 0.915. The van der Waals surface area contributed by atoms with Gasteiger partial charge in [0.15, 0.2) is 5.96 Å². The minimum atomic E-state index is -0.127. The molecule has 0 bridgehead atoms. The Morgan fingerprint density at radius 3 is 2.28 bits per heavy atom. The molecule has 180 valence electrons. The number of nitrogens with zero attached hydrogens (tertiary/aromatic N) is 4. The lowest BCUT2D eigenvalue weighted by Gasteiger charge is -2.34. The van der Waals surface area contributed by atoms with E-state index in [9.17, 15) is 4.79 Å². The van der Waals surface area contributed by atoms with Gasteiger partial charge in [-0.25, -0.2) is 4.99 Å². The summed E-state index contributed by atoms with van der Waals surface area (Å²) < 4.78 is 4.97. The summed E-state index contributed by atoms with van der Waals surface area (Å²) in [5.41, 5.74) is 2.56. The van der Waals surface area contributed by atoms with E-state index in [2.05, 4.69) is 65.1 Å². The Labute approximate surface area is 210 Å². The van der Waals surface area contributed by atoms with Crippen LogP contribution < -0.4 is 5.32 Å². The molecule has 2 fully saturated rings. The molecule has 2 unspecified atom stereocenters. The molecular formula is C24H40IN5O2. The third-order valence-corrected chi connectivity index (χ3v) is 6.50. The Bertz CT molecular complexity index is 734. The smallest absolute Gasteiger partial charge is 0.310 e. The fourth-order valence-electron chi connectivity index (χ4n) is 4.46.